The van der Waals surface area contributed by atoms with Gasteiger partial charge in [0.2, 0.25) is 0 Å². The maximum absolute atomic E-state index is 6.03. The molecule has 100 valence electrons. The number of nitrogens with one attached hydrogen (secondary N) is 2. The van der Waals surface area contributed by atoms with Crippen LogP contribution in [0.5, 0.6) is 5.75 Å². The Labute approximate surface area is 116 Å². The lowest BCUT2D eigenvalue weighted by atomic mass is 10.2. The van der Waals surface area contributed by atoms with Gasteiger partial charge in [0.25, 0.3) is 0 Å². The van der Waals surface area contributed by atoms with Gasteiger partial charge < -0.3 is 15.0 Å². The Hall–Kier alpha value is -2.49. The summed E-state index contributed by atoms with van der Waals surface area (Å²) in [4.78, 5) is 8.05. The van der Waals surface area contributed by atoms with Crippen molar-refractivity contribution >= 4 is 16.7 Å². The fraction of sp³-hybridized carbons (Fsp3) is 0.188. The first-order chi connectivity index (χ1) is 9.81. The van der Waals surface area contributed by atoms with E-state index in [4.69, 9.17) is 4.74 Å². The lowest BCUT2D eigenvalue weighted by molar-refractivity contribution is 0.202. The Bertz CT molecular complexity index is 778. The van der Waals surface area contributed by atoms with E-state index < -0.39 is 0 Å². The number of aromatic nitrogens is 2. The Morgan fingerprint density at radius 2 is 2.05 bits per heavy atom. The standard InChI is InChI=1S/C16H15N3O/c1-10-5-4-7-12-15(10)19-16(18-12)14-9-17-11-6-2-3-8-13(11)20-14/h2-8,14,17H,9H2,1H3,(H,18,19). The quantitative estimate of drug-likeness (QED) is 0.709. The van der Waals surface area contributed by atoms with Crippen molar-refractivity contribution in [3.8, 4) is 5.75 Å². The van der Waals surface area contributed by atoms with E-state index >= 15 is 0 Å². The molecule has 1 aliphatic heterocycles. The van der Waals surface area contributed by atoms with Gasteiger partial charge in [-0.05, 0) is 30.7 Å². The molecule has 0 amide bonds. The third-order valence-electron chi connectivity index (χ3n) is 3.67. The average Bonchev–Trinajstić information content (AvgIpc) is 2.92. The summed E-state index contributed by atoms with van der Waals surface area (Å²) in [5.74, 6) is 1.75. The number of anilines is 1. The molecule has 2 N–H and O–H groups in total. The molecule has 0 bridgehead atoms. The van der Waals surface area contributed by atoms with Crippen molar-refractivity contribution in [1.29, 1.82) is 0 Å². The number of hydrogen-bond donors (Lipinski definition) is 2. The lowest BCUT2D eigenvalue weighted by Crippen LogP contribution is -2.24. The van der Waals surface area contributed by atoms with Crippen LogP contribution in [0.3, 0.4) is 0 Å². The van der Waals surface area contributed by atoms with Crippen LogP contribution in [0.15, 0.2) is 42.5 Å². The summed E-state index contributed by atoms with van der Waals surface area (Å²) in [5.41, 5.74) is 4.29. The highest BCUT2D eigenvalue weighted by atomic mass is 16.5. The highest BCUT2D eigenvalue weighted by molar-refractivity contribution is 5.78. The van der Waals surface area contributed by atoms with Crippen LogP contribution < -0.4 is 10.1 Å². The highest BCUT2D eigenvalue weighted by Gasteiger charge is 2.23. The molecule has 0 aliphatic carbocycles. The van der Waals surface area contributed by atoms with Gasteiger partial charge in [0, 0.05) is 0 Å². The smallest absolute Gasteiger partial charge is 0.173 e. The van der Waals surface area contributed by atoms with Crippen LogP contribution in [0.2, 0.25) is 0 Å². The fourth-order valence-corrected chi connectivity index (χ4v) is 2.61. The molecule has 1 aliphatic rings. The van der Waals surface area contributed by atoms with Gasteiger partial charge in [-0.25, -0.2) is 4.98 Å². The Morgan fingerprint density at radius 1 is 1.15 bits per heavy atom. The van der Waals surface area contributed by atoms with Gasteiger partial charge >= 0.3 is 0 Å². The summed E-state index contributed by atoms with van der Waals surface area (Å²) in [6.45, 7) is 2.79. The number of benzene rings is 2. The summed E-state index contributed by atoms with van der Waals surface area (Å²) in [6.07, 6.45) is -0.0864. The molecule has 1 unspecified atom stereocenters. The predicted octanol–water partition coefficient (Wildman–Crippen LogP) is 3.42. The second kappa shape index (κ2) is 4.27. The normalized spacial score (nSPS) is 17.4. The summed E-state index contributed by atoms with van der Waals surface area (Å²) < 4.78 is 6.03. The number of hydrogen-bond acceptors (Lipinski definition) is 3. The molecule has 0 spiro atoms. The van der Waals surface area contributed by atoms with Crippen LogP contribution in [0.1, 0.15) is 17.5 Å². The number of fused-ring (bicyclic) bond motifs is 2. The van der Waals surface area contributed by atoms with E-state index in [0.717, 1.165) is 34.8 Å². The van der Waals surface area contributed by atoms with E-state index in [1.807, 2.05) is 36.4 Å². The van der Waals surface area contributed by atoms with Gasteiger partial charge in [-0.1, -0.05) is 24.3 Å². The minimum absolute atomic E-state index is 0.0864. The van der Waals surface area contributed by atoms with Crippen molar-refractivity contribution in [2.45, 2.75) is 13.0 Å². The summed E-state index contributed by atoms with van der Waals surface area (Å²) in [5, 5.41) is 3.39. The van der Waals surface area contributed by atoms with E-state index in [1.54, 1.807) is 0 Å². The van der Waals surface area contributed by atoms with Gasteiger partial charge in [0.05, 0.1) is 23.3 Å². The van der Waals surface area contributed by atoms with Gasteiger partial charge in [0.1, 0.15) is 11.6 Å². The zero-order chi connectivity index (χ0) is 13.5. The molecule has 0 fully saturated rings. The third-order valence-corrected chi connectivity index (χ3v) is 3.67. The summed E-state index contributed by atoms with van der Waals surface area (Å²) in [6, 6.07) is 14.1. The minimum atomic E-state index is -0.0864. The van der Waals surface area contributed by atoms with Crippen molar-refractivity contribution in [3.05, 3.63) is 53.9 Å². The van der Waals surface area contributed by atoms with Crippen LogP contribution in [-0.4, -0.2) is 16.5 Å². The Morgan fingerprint density at radius 3 is 2.95 bits per heavy atom. The molecule has 1 aromatic heterocycles. The van der Waals surface area contributed by atoms with Crippen molar-refractivity contribution in [3.63, 3.8) is 0 Å². The number of aromatic amines is 1. The van der Waals surface area contributed by atoms with Crippen LogP contribution in [0.4, 0.5) is 5.69 Å². The van der Waals surface area contributed by atoms with E-state index in [9.17, 15) is 0 Å². The van der Waals surface area contributed by atoms with Crippen LogP contribution in [-0.2, 0) is 0 Å². The first kappa shape index (κ1) is 11.3. The zero-order valence-electron chi connectivity index (χ0n) is 11.2. The molecule has 2 aromatic carbocycles. The second-order valence-corrected chi connectivity index (χ2v) is 5.08. The molecule has 0 saturated heterocycles. The number of rotatable bonds is 1. The molecule has 4 rings (SSSR count). The van der Waals surface area contributed by atoms with Gasteiger partial charge in [0.15, 0.2) is 6.10 Å². The largest absolute Gasteiger partial charge is 0.478 e. The number of nitrogens with zero attached hydrogens (tertiary/aromatic N) is 1. The van der Waals surface area contributed by atoms with Crippen molar-refractivity contribution < 1.29 is 4.74 Å². The minimum Gasteiger partial charge on any atom is -0.478 e. The number of imidazole rings is 1. The second-order valence-electron chi connectivity index (χ2n) is 5.08. The average molecular weight is 265 g/mol. The molecule has 0 saturated carbocycles. The molecule has 1 atom stereocenters. The number of ether oxygens (including phenoxy) is 1. The third kappa shape index (κ3) is 1.72. The molecule has 3 aromatic rings. The zero-order valence-corrected chi connectivity index (χ0v) is 11.2. The predicted molar refractivity (Wildman–Crippen MR) is 79.1 cm³/mol. The maximum Gasteiger partial charge on any atom is 0.173 e. The first-order valence-electron chi connectivity index (χ1n) is 6.76. The maximum atomic E-state index is 6.03. The molecular weight excluding hydrogens is 250 g/mol. The van der Waals surface area contributed by atoms with Crippen molar-refractivity contribution in [2.75, 3.05) is 11.9 Å². The molecule has 20 heavy (non-hydrogen) atoms. The van der Waals surface area contributed by atoms with Crippen molar-refractivity contribution in [2.24, 2.45) is 0 Å². The van der Waals surface area contributed by atoms with Crippen LogP contribution >= 0.6 is 0 Å². The Kier molecular flexibility index (Phi) is 2.42. The summed E-state index contributed by atoms with van der Waals surface area (Å²) in [7, 11) is 0. The van der Waals surface area contributed by atoms with Gasteiger partial charge in [-0.2, -0.15) is 0 Å². The molecule has 4 nitrogen and oxygen atoms in total. The number of aryl methyl sites for hydroxylation is 1. The summed E-state index contributed by atoms with van der Waals surface area (Å²) >= 11 is 0. The SMILES string of the molecule is Cc1cccc2[nH]c(C3CNc4ccccc4O3)nc12. The highest BCUT2D eigenvalue weighted by Crippen LogP contribution is 2.33. The first-order valence-corrected chi connectivity index (χ1v) is 6.76. The molecule has 2 heterocycles. The van der Waals surface area contributed by atoms with Gasteiger partial charge in [-0.3, -0.25) is 0 Å². The molecule has 4 heteroatoms. The lowest BCUT2D eigenvalue weighted by Gasteiger charge is -2.25. The Balaban J connectivity index is 1.72. The molecular formula is C16H15N3O. The molecule has 0 radical (unpaired) electrons. The van der Waals surface area contributed by atoms with E-state index in [0.29, 0.717) is 0 Å². The van der Waals surface area contributed by atoms with E-state index in [-0.39, 0.29) is 6.10 Å². The fourth-order valence-electron chi connectivity index (χ4n) is 2.61. The van der Waals surface area contributed by atoms with Gasteiger partial charge in [-0.15, -0.1) is 0 Å². The van der Waals surface area contributed by atoms with Crippen LogP contribution in [0, 0.1) is 6.92 Å². The number of para-hydroxylation sites is 3. The monoisotopic (exact) mass is 265 g/mol. The number of H-pyrrole nitrogens is 1. The van der Waals surface area contributed by atoms with E-state index in [1.165, 1.54) is 5.56 Å². The topological polar surface area (TPSA) is 49.9 Å². The van der Waals surface area contributed by atoms with Crippen molar-refractivity contribution in [1.82, 2.24) is 9.97 Å². The van der Waals surface area contributed by atoms with E-state index in [2.05, 4.69) is 28.3 Å². The van der Waals surface area contributed by atoms with Crippen LogP contribution in [0.25, 0.3) is 11.0 Å².